The normalized spacial score (nSPS) is 11.0. The zero-order valence-corrected chi connectivity index (χ0v) is 11.4. The van der Waals surface area contributed by atoms with Gasteiger partial charge in [-0.05, 0) is 43.3 Å². The molecule has 19 heavy (non-hydrogen) atoms. The predicted molar refractivity (Wildman–Crippen MR) is 74.9 cm³/mol. The molecule has 0 spiro atoms. The minimum Gasteiger partial charge on any atom is -0.494 e. The smallest absolute Gasteiger partial charge is 0.261 e. The highest BCUT2D eigenvalue weighted by Gasteiger charge is 2.13. The third-order valence-corrected chi connectivity index (χ3v) is 3.87. The van der Waals surface area contributed by atoms with Gasteiger partial charge in [0.2, 0.25) is 0 Å². The van der Waals surface area contributed by atoms with E-state index in [9.17, 15) is 8.42 Å². The summed E-state index contributed by atoms with van der Waals surface area (Å²) in [7, 11) is -3.55. The van der Waals surface area contributed by atoms with Crippen molar-refractivity contribution >= 4 is 15.7 Å². The quantitative estimate of drug-likeness (QED) is 0.914. The van der Waals surface area contributed by atoms with Gasteiger partial charge < -0.3 is 4.74 Å². The van der Waals surface area contributed by atoms with Gasteiger partial charge in [-0.1, -0.05) is 18.2 Å². The molecule has 0 heterocycles. The van der Waals surface area contributed by atoms with Crippen molar-refractivity contribution in [2.45, 2.75) is 11.8 Å². The molecular weight excluding hydrogens is 262 g/mol. The summed E-state index contributed by atoms with van der Waals surface area (Å²) in [6.45, 7) is 2.43. The van der Waals surface area contributed by atoms with Gasteiger partial charge in [-0.15, -0.1) is 0 Å². The van der Waals surface area contributed by atoms with Crippen LogP contribution in [0.3, 0.4) is 0 Å². The first kappa shape index (κ1) is 13.4. The molecule has 0 unspecified atom stereocenters. The molecule has 2 rings (SSSR count). The van der Waals surface area contributed by atoms with Gasteiger partial charge in [-0.25, -0.2) is 8.42 Å². The van der Waals surface area contributed by atoms with Crippen LogP contribution in [-0.4, -0.2) is 15.0 Å². The molecule has 0 bridgehead atoms. The Bertz CT molecular complexity index is 622. The molecule has 0 atom stereocenters. The molecule has 0 aliphatic rings. The van der Waals surface area contributed by atoms with Gasteiger partial charge >= 0.3 is 0 Å². The Labute approximate surface area is 113 Å². The van der Waals surface area contributed by atoms with Crippen LogP contribution in [0.5, 0.6) is 5.75 Å². The molecule has 100 valence electrons. The molecule has 0 aromatic heterocycles. The van der Waals surface area contributed by atoms with E-state index in [1.54, 1.807) is 36.4 Å². The topological polar surface area (TPSA) is 55.4 Å². The maximum absolute atomic E-state index is 12.1. The highest BCUT2D eigenvalue weighted by atomic mass is 32.2. The third-order valence-electron chi connectivity index (χ3n) is 2.47. The molecule has 1 N–H and O–H groups in total. The number of nitrogens with one attached hydrogen (secondary N) is 1. The van der Waals surface area contributed by atoms with Gasteiger partial charge in [-0.2, -0.15) is 0 Å². The summed E-state index contributed by atoms with van der Waals surface area (Å²) in [4.78, 5) is 0.208. The molecule has 0 radical (unpaired) electrons. The van der Waals surface area contributed by atoms with Crippen molar-refractivity contribution in [2.24, 2.45) is 0 Å². The lowest BCUT2D eigenvalue weighted by Crippen LogP contribution is -2.12. The number of hydrogen-bond acceptors (Lipinski definition) is 3. The highest BCUT2D eigenvalue weighted by molar-refractivity contribution is 7.92. The SMILES string of the molecule is CCOc1ccc(S(=O)(=O)Nc2ccccc2)cc1. The fourth-order valence-corrected chi connectivity index (χ4v) is 2.66. The van der Waals surface area contributed by atoms with Crippen molar-refractivity contribution in [3.63, 3.8) is 0 Å². The van der Waals surface area contributed by atoms with Crippen molar-refractivity contribution < 1.29 is 13.2 Å². The lowest BCUT2D eigenvalue weighted by Gasteiger charge is -2.08. The first-order valence-corrected chi connectivity index (χ1v) is 7.41. The third kappa shape index (κ3) is 3.48. The second kappa shape index (κ2) is 5.75. The molecule has 0 saturated carbocycles. The van der Waals surface area contributed by atoms with Crippen molar-refractivity contribution in [3.05, 3.63) is 54.6 Å². The lowest BCUT2D eigenvalue weighted by molar-refractivity contribution is 0.340. The molecular formula is C14H15NO3S. The predicted octanol–water partition coefficient (Wildman–Crippen LogP) is 2.89. The zero-order valence-electron chi connectivity index (χ0n) is 10.5. The summed E-state index contributed by atoms with van der Waals surface area (Å²) in [5.41, 5.74) is 0.538. The van der Waals surface area contributed by atoms with Crippen LogP contribution in [0.1, 0.15) is 6.92 Å². The van der Waals surface area contributed by atoms with Gasteiger partial charge in [0, 0.05) is 5.69 Å². The number of anilines is 1. The van der Waals surface area contributed by atoms with Crippen LogP contribution >= 0.6 is 0 Å². The summed E-state index contributed by atoms with van der Waals surface area (Å²) in [6, 6.07) is 15.1. The van der Waals surface area contributed by atoms with Crippen LogP contribution in [0.4, 0.5) is 5.69 Å². The van der Waals surface area contributed by atoms with E-state index in [0.29, 0.717) is 18.0 Å². The summed E-state index contributed by atoms with van der Waals surface area (Å²) in [6.07, 6.45) is 0. The van der Waals surface area contributed by atoms with Crippen molar-refractivity contribution in [1.82, 2.24) is 0 Å². The first-order chi connectivity index (χ1) is 9.12. The fraction of sp³-hybridized carbons (Fsp3) is 0.143. The van der Waals surface area contributed by atoms with E-state index >= 15 is 0 Å². The summed E-state index contributed by atoms with van der Waals surface area (Å²) < 4.78 is 32.0. The van der Waals surface area contributed by atoms with E-state index in [4.69, 9.17) is 4.74 Å². The van der Waals surface area contributed by atoms with E-state index < -0.39 is 10.0 Å². The van der Waals surface area contributed by atoms with E-state index in [2.05, 4.69) is 4.72 Å². The second-order valence-electron chi connectivity index (χ2n) is 3.88. The zero-order chi connectivity index (χ0) is 13.7. The van der Waals surface area contributed by atoms with E-state index in [-0.39, 0.29) is 4.90 Å². The van der Waals surface area contributed by atoms with Gasteiger partial charge in [-0.3, -0.25) is 4.72 Å². The Kier molecular flexibility index (Phi) is 4.06. The minimum atomic E-state index is -3.55. The van der Waals surface area contributed by atoms with E-state index in [1.165, 1.54) is 12.1 Å². The standard InChI is InChI=1S/C14H15NO3S/c1-2-18-13-8-10-14(11-9-13)19(16,17)15-12-6-4-3-5-7-12/h3-11,15H,2H2,1H3. The average Bonchev–Trinajstić information content (AvgIpc) is 2.40. The Morgan fingerprint density at radius 1 is 1.00 bits per heavy atom. The molecule has 0 aliphatic heterocycles. The maximum Gasteiger partial charge on any atom is 0.261 e. The molecule has 4 nitrogen and oxygen atoms in total. The number of benzene rings is 2. The summed E-state index contributed by atoms with van der Waals surface area (Å²) >= 11 is 0. The number of rotatable bonds is 5. The second-order valence-corrected chi connectivity index (χ2v) is 5.56. The van der Waals surface area contributed by atoms with Gasteiger partial charge in [0.25, 0.3) is 10.0 Å². The Hall–Kier alpha value is -2.01. The summed E-state index contributed by atoms with van der Waals surface area (Å²) in [5, 5.41) is 0. The van der Waals surface area contributed by atoms with Crippen LogP contribution in [-0.2, 0) is 10.0 Å². The number of sulfonamides is 1. The molecule has 0 aliphatic carbocycles. The molecule has 0 fully saturated rings. The number of para-hydroxylation sites is 1. The lowest BCUT2D eigenvalue weighted by atomic mass is 10.3. The Morgan fingerprint density at radius 2 is 1.63 bits per heavy atom. The molecule has 2 aromatic rings. The van der Waals surface area contributed by atoms with Crippen LogP contribution in [0.2, 0.25) is 0 Å². The van der Waals surface area contributed by atoms with Gasteiger partial charge in [0.05, 0.1) is 11.5 Å². The van der Waals surface area contributed by atoms with Crippen LogP contribution < -0.4 is 9.46 Å². The van der Waals surface area contributed by atoms with Crippen LogP contribution in [0.15, 0.2) is 59.5 Å². The van der Waals surface area contributed by atoms with E-state index in [0.717, 1.165) is 0 Å². The van der Waals surface area contributed by atoms with Crippen molar-refractivity contribution in [1.29, 1.82) is 0 Å². The van der Waals surface area contributed by atoms with Crippen LogP contribution in [0.25, 0.3) is 0 Å². The number of hydrogen-bond donors (Lipinski definition) is 1. The number of ether oxygens (including phenoxy) is 1. The highest BCUT2D eigenvalue weighted by Crippen LogP contribution is 2.19. The average molecular weight is 277 g/mol. The van der Waals surface area contributed by atoms with Gasteiger partial charge in [0.15, 0.2) is 0 Å². The maximum atomic E-state index is 12.1. The monoisotopic (exact) mass is 277 g/mol. The van der Waals surface area contributed by atoms with Crippen molar-refractivity contribution in [2.75, 3.05) is 11.3 Å². The van der Waals surface area contributed by atoms with E-state index in [1.807, 2.05) is 13.0 Å². The fourth-order valence-electron chi connectivity index (χ4n) is 1.60. The first-order valence-electron chi connectivity index (χ1n) is 5.92. The van der Waals surface area contributed by atoms with Gasteiger partial charge in [0.1, 0.15) is 5.75 Å². The largest absolute Gasteiger partial charge is 0.494 e. The molecule has 0 saturated heterocycles. The summed E-state index contributed by atoms with van der Waals surface area (Å²) in [5.74, 6) is 0.654. The molecule has 5 heteroatoms. The Balaban J connectivity index is 2.20. The Morgan fingerprint density at radius 3 is 2.21 bits per heavy atom. The molecule has 0 amide bonds. The molecule has 2 aromatic carbocycles. The minimum absolute atomic E-state index is 0.208. The van der Waals surface area contributed by atoms with Crippen LogP contribution in [0, 0.1) is 0 Å². The van der Waals surface area contributed by atoms with Crippen molar-refractivity contribution in [3.8, 4) is 5.75 Å².